The molecule has 2 unspecified atom stereocenters. The lowest BCUT2D eigenvalue weighted by Gasteiger charge is -2.23. The number of ether oxygens (including phenoxy) is 1. The number of nitrogens with one attached hydrogen (secondary N) is 1. The van der Waals surface area contributed by atoms with E-state index in [-0.39, 0.29) is 17.8 Å². The Morgan fingerprint density at radius 3 is 2.55 bits per heavy atom. The van der Waals surface area contributed by atoms with Gasteiger partial charge < -0.3 is 26.0 Å². The molecule has 1 amide bonds. The average Bonchev–Trinajstić information content (AvgIpc) is 2.37. The van der Waals surface area contributed by atoms with E-state index in [1.807, 2.05) is 0 Å². The number of aliphatic hydroxyl groups is 2. The molecule has 0 saturated carbocycles. The van der Waals surface area contributed by atoms with Gasteiger partial charge in [0, 0.05) is 17.8 Å². The molecule has 6 nitrogen and oxygen atoms in total. The first kappa shape index (κ1) is 18.2. The fourth-order valence-corrected chi connectivity index (χ4v) is 1.85. The van der Waals surface area contributed by atoms with Crippen molar-refractivity contribution in [3.05, 3.63) is 29.1 Å². The van der Waals surface area contributed by atoms with Crippen LogP contribution in [0.3, 0.4) is 0 Å². The third kappa shape index (κ3) is 5.16. The summed E-state index contributed by atoms with van der Waals surface area (Å²) in [4.78, 5) is 11.5. The number of alkyl carbamates (subject to hydrolysis) is 1. The quantitative estimate of drug-likeness (QED) is 0.632. The molecule has 1 aromatic carbocycles. The highest BCUT2D eigenvalue weighted by Gasteiger charge is 2.24. The van der Waals surface area contributed by atoms with Gasteiger partial charge in [0.1, 0.15) is 23.6 Å². The summed E-state index contributed by atoms with van der Waals surface area (Å²) in [5.74, 6) is -0.562. The first-order chi connectivity index (χ1) is 10.0. The van der Waals surface area contributed by atoms with E-state index in [4.69, 9.17) is 10.5 Å². The Balaban J connectivity index is 2.70. The fraction of sp³-hybridized carbons (Fsp3) is 0.533. The zero-order chi connectivity index (χ0) is 17.1. The largest absolute Gasteiger partial charge is 0.444 e. The van der Waals surface area contributed by atoms with Gasteiger partial charge >= 0.3 is 6.09 Å². The highest BCUT2D eigenvalue weighted by Crippen LogP contribution is 2.27. The van der Waals surface area contributed by atoms with Crippen LogP contribution in [-0.4, -0.2) is 34.6 Å². The minimum absolute atomic E-state index is 0.0796. The van der Waals surface area contributed by atoms with Gasteiger partial charge in [0.25, 0.3) is 0 Å². The number of aryl methyl sites for hydroxylation is 1. The van der Waals surface area contributed by atoms with Crippen LogP contribution in [0.5, 0.6) is 0 Å². The third-order valence-electron chi connectivity index (χ3n) is 2.92. The van der Waals surface area contributed by atoms with Crippen LogP contribution in [0, 0.1) is 12.7 Å². The molecule has 0 aromatic heterocycles. The molecule has 22 heavy (non-hydrogen) atoms. The Labute approximate surface area is 129 Å². The Hall–Kier alpha value is -1.86. The summed E-state index contributed by atoms with van der Waals surface area (Å²) in [6.07, 6.45) is -3.50. The van der Waals surface area contributed by atoms with E-state index in [9.17, 15) is 19.4 Å². The van der Waals surface area contributed by atoms with Crippen molar-refractivity contribution in [3.63, 3.8) is 0 Å². The summed E-state index contributed by atoms with van der Waals surface area (Å²) < 4.78 is 18.4. The maximum Gasteiger partial charge on any atom is 0.407 e. The van der Waals surface area contributed by atoms with Crippen molar-refractivity contribution < 1.29 is 24.1 Å². The van der Waals surface area contributed by atoms with E-state index in [1.165, 1.54) is 6.07 Å². The first-order valence-electron chi connectivity index (χ1n) is 6.89. The number of nitrogen functional groups attached to an aromatic ring is 1. The van der Waals surface area contributed by atoms with E-state index in [0.29, 0.717) is 5.56 Å². The molecule has 0 spiro atoms. The SMILES string of the molecule is Cc1cc(F)cc(C(O)C(O)CNC(=O)OC(C)(C)C)c1N. The lowest BCUT2D eigenvalue weighted by Crippen LogP contribution is -2.39. The lowest BCUT2D eigenvalue weighted by atomic mass is 9.99. The van der Waals surface area contributed by atoms with Gasteiger partial charge in [0.15, 0.2) is 0 Å². The van der Waals surface area contributed by atoms with Gasteiger partial charge in [-0.3, -0.25) is 0 Å². The Morgan fingerprint density at radius 2 is 2.00 bits per heavy atom. The van der Waals surface area contributed by atoms with E-state index in [0.717, 1.165) is 6.07 Å². The predicted molar refractivity (Wildman–Crippen MR) is 80.8 cm³/mol. The van der Waals surface area contributed by atoms with Crippen molar-refractivity contribution in [3.8, 4) is 0 Å². The number of carbonyl (C=O) groups is 1. The Morgan fingerprint density at radius 1 is 1.41 bits per heavy atom. The van der Waals surface area contributed by atoms with Gasteiger partial charge in [-0.15, -0.1) is 0 Å². The van der Waals surface area contributed by atoms with Crippen LogP contribution in [0.15, 0.2) is 12.1 Å². The molecule has 0 aliphatic carbocycles. The molecule has 0 aliphatic heterocycles. The smallest absolute Gasteiger partial charge is 0.407 e. The maximum absolute atomic E-state index is 13.4. The number of carbonyl (C=O) groups excluding carboxylic acids is 1. The molecule has 0 heterocycles. The normalized spacial score (nSPS) is 14.3. The maximum atomic E-state index is 13.4. The van der Waals surface area contributed by atoms with Crippen LogP contribution in [0.4, 0.5) is 14.9 Å². The summed E-state index contributed by atoms with van der Waals surface area (Å²) in [6, 6.07) is 2.29. The van der Waals surface area contributed by atoms with Gasteiger partial charge in [-0.25, -0.2) is 9.18 Å². The van der Waals surface area contributed by atoms with Crippen LogP contribution >= 0.6 is 0 Å². The fourth-order valence-electron chi connectivity index (χ4n) is 1.85. The summed E-state index contributed by atoms with van der Waals surface area (Å²) in [5, 5.41) is 22.3. The summed E-state index contributed by atoms with van der Waals surface area (Å²) in [5.41, 5.74) is 5.85. The summed E-state index contributed by atoms with van der Waals surface area (Å²) in [6.45, 7) is 6.45. The van der Waals surface area contributed by atoms with Crippen LogP contribution in [0.1, 0.15) is 38.0 Å². The summed E-state index contributed by atoms with van der Waals surface area (Å²) in [7, 11) is 0. The van der Waals surface area contributed by atoms with Crippen LogP contribution < -0.4 is 11.1 Å². The van der Waals surface area contributed by atoms with Crippen molar-refractivity contribution in [2.24, 2.45) is 0 Å². The number of benzene rings is 1. The molecule has 2 atom stereocenters. The monoisotopic (exact) mass is 314 g/mol. The molecule has 7 heteroatoms. The minimum atomic E-state index is -1.43. The minimum Gasteiger partial charge on any atom is -0.444 e. The number of halogens is 1. The van der Waals surface area contributed by atoms with Crippen molar-refractivity contribution in [2.75, 3.05) is 12.3 Å². The Kier molecular flexibility index (Phi) is 5.73. The van der Waals surface area contributed by atoms with Gasteiger partial charge in [-0.2, -0.15) is 0 Å². The molecule has 1 rings (SSSR count). The highest BCUT2D eigenvalue weighted by molar-refractivity contribution is 5.67. The summed E-state index contributed by atoms with van der Waals surface area (Å²) >= 11 is 0. The average molecular weight is 314 g/mol. The van der Waals surface area contributed by atoms with Crippen molar-refractivity contribution in [2.45, 2.75) is 45.5 Å². The predicted octanol–water partition coefficient (Wildman–Crippen LogP) is 1.64. The second-order valence-corrected chi connectivity index (χ2v) is 6.12. The van der Waals surface area contributed by atoms with E-state index in [1.54, 1.807) is 27.7 Å². The molecule has 0 fully saturated rings. The van der Waals surface area contributed by atoms with Gasteiger partial charge in [-0.1, -0.05) is 0 Å². The topological polar surface area (TPSA) is 105 Å². The van der Waals surface area contributed by atoms with Crippen LogP contribution in [-0.2, 0) is 4.74 Å². The molecule has 0 saturated heterocycles. The van der Waals surface area contributed by atoms with Crippen molar-refractivity contribution in [1.29, 1.82) is 0 Å². The molecule has 1 aromatic rings. The van der Waals surface area contributed by atoms with Crippen molar-refractivity contribution >= 4 is 11.8 Å². The number of anilines is 1. The highest BCUT2D eigenvalue weighted by atomic mass is 19.1. The number of hydrogen-bond acceptors (Lipinski definition) is 5. The van der Waals surface area contributed by atoms with E-state index < -0.39 is 29.7 Å². The molecule has 0 aliphatic rings. The number of hydrogen-bond donors (Lipinski definition) is 4. The van der Waals surface area contributed by atoms with Gasteiger partial charge in [-0.05, 0) is 45.4 Å². The van der Waals surface area contributed by atoms with Crippen molar-refractivity contribution in [1.82, 2.24) is 5.32 Å². The van der Waals surface area contributed by atoms with Gasteiger partial charge in [0.05, 0.1) is 0 Å². The first-order valence-corrected chi connectivity index (χ1v) is 6.89. The molecular weight excluding hydrogens is 291 g/mol. The molecule has 5 N–H and O–H groups in total. The zero-order valence-corrected chi connectivity index (χ0v) is 13.2. The number of nitrogens with two attached hydrogens (primary N) is 1. The Bertz CT molecular complexity index is 543. The van der Waals surface area contributed by atoms with Gasteiger partial charge in [0.2, 0.25) is 0 Å². The number of amides is 1. The molecular formula is C15H23FN2O4. The third-order valence-corrected chi connectivity index (χ3v) is 2.92. The zero-order valence-electron chi connectivity index (χ0n) is 13.2. The van der Waals surface area contributed by atoms with Crippen LogP contribution in [0.2, 0.25) is 0 Å². The second kappa shape index (κ2) is 6.93. The number of rotatable bonds is 4. The molecule has 0 radical (unpaired) electrons. The molecule has 124 valence electrons. The standard InChI is InChI=1S/C15H23FN2O4/c1-8-5-9(16)6-10(12(8)17)13(20)11(19)7-18-14(21)22-15(2,3)4/h5-6,11,13,19-20H,7,17H2,1-4H3,(H,18,21). The van der Waals surface area contributed by atoms with E-state index >= 15 is 0 Å². The van der Waals surface area contributed by atoms with E-state index in [2.05, 4.69) is 5.32 Å². The van der Waals surface area contributed by atoms with Crippen LogP contribution in [0.25, 0.3) is 0 Å². The number of aliphatic hydroxyl groups excluding tert-OH is 2. The molecule has 0 bridgehead atoms. The second-order valence-electron chi connectivity index (χ2n) is 6.12. The lowest BCUT2D eigenvalue weighted by molar-refractivity contribution is 0.0131.